The summed E-state index contributed by atoms with van der Waals surface area (Å²) in [5.74, 6) is 0. The van der Waals surface area contributed by atoms with E-state index < -0.39 is 23.7 Å². The maximum atomic E-state index is 9.97. The van der Waals surface area contributed by atoms with Crippen LogP contribution in [0.3, 0.4) is 0 Å². The molecule has 0 bridgehead atoms. The molecular formula is C2H6K4O7S. The summed E-state index contributed by atoms with van der Waals surface area (Å²) in [6.45, 7) is 0. The Labute approximate surface area is 253 Å². The van der Waals surface area contributed by atoms with Gasteiger partial charge in [0.05, 0.1) is 0 Å². The Morgan fingerprint density at radius 2 is 1.07 bits per heavy atom. The first-order valence-corrected chi connectivity index (χ1v) is 2.76. The molecule has 0 aliphatic carbocycles. The zero-order chi connectivity index (χ0) is 8.15. The third-order valence-electron chi connectivity index (χ3n) is 0.279. The van der Waals surface area contributed by atoms with Crippen molar-refractivity contribution in [3.8, 4) is 0 Å². The zero-order valence-electron chi connectivity index (χ0n) is 4.34. The normalized spacial score (nSPS) is 6.36. The monoisotopic (exact) mass is 330 g/mol. The summed E-state index contributed by atoms with van der Waals surface area (Å²) in [6, 6.07) is 0. The van der Waals surface area contributed by atoms with Crippen LogP contribution in [-0.2, 0) is 19.7 Å². The van der Waals surface area contributed by atoms with Gasteiger partial charge >= 0.3 is 229 Å². The van der Waals surface area contributed by atoms with Crippen molar-refractivity contribution in [2.75, 3.05) is 0 Å². The van der Waals surface area contributed by atoms with Crippen molar-refractivity contribution in [3.63, 3.8) is 0 Å². The Bertz CT molecular complexity index is 167. The van der Waals surface area contributed by atoms with Crippen molar-refractivity contribution in [3.05, 3.63) is 0 Å². The molecule has 0 aromatic carbocycles. The third-order valence-corrected chi connectivity index (χ3v) is 0.836. The Morgan fingerprint density at radius 3 is 1.21 bits per heavy atom. The van der Waals surface area contributed by atoms with E-state index in [1.807, 2.05) is 0 Å². The van der Waals surface area contributed by atoms with Gasteiger partial charge in [0.15, 0.2) is 0 Å². The SMILES string of the molecule is O=C(O)OS(=O)OC(=O)O.[KH].[KH].[KH].[KH]. The molecule has 2 N–H and O–H groups in total. The first-order valence-electron chi connectivity index (χ1n) is 1.76. The summed E-state index contributed by atoms with van der Waals surface area (Å²) in [7, 11) is 0. The van der Waals surface area contributed by atoms with Gasteiger partial charge in [-0.1, -0.05) is 0 Å². The van der Waals surface area contributed by atoms with Crippen LogP contribution in [0.15, 0.2) is 0 Å². The van der Waals surface area contributed by atoms with E-state index in [4.69, 9.17) is 10.2 Å². The average Bonchev–Trinajstić information content (AvgIpc) is 1.58. The van der Waals surface area contributed by atoms with Crippen molar-refractivity contribution >= 4 is 229 Å². The Kier molecular flexibility index (Phi) is 46.3. The second-order valence-corrected chi connectivity index (χ2v) is 1.64. The molecule has 0 unspecified atom stereocenters. The summed E-state index contributed by atoms with van der Waals surface area (Å²) in [6.07, 6.45) is -3.75. The second kappa shape index (κ2) is 20.6. The van der Waals surface area contributed by atoms with Crippen molar-refractivity contribution in [1.29, 1.82) is 0 Å². The summed E-state index contributed by atoms with van der Waals surface area (Å²) in [5, 5.41) is 15.4. The predicted molar refractivity (Wildman–Crippen MR) is 55.0 cm³/mol. The van der Waals surface area contributed by atoms with Gasteiger partial charge in [0.25, 0.3) is 0 Å². The van der Waals surface area contributed by atoms with Crippen LogP contribution in [0.1, 0.15) is 0 Å². The number of carbonyl (C=O) groups is 2. The van der Waals surface area contributed by atoms with Crippen molar-refractivity contribution in [1.82, 2.24) is 0 Å². The molecular weight excluding hydrogens is 324 g/mol. The van der Waals surface area contributed by atoms with Gasteiger partial charge in [-0.2, -0.15) is 4.21 Å². The number of carboxylic acid groups (broad SMARTS) is 2. The van der Waals surface area contributed by atoms with Crippen LogP contribution in [0.5, 0.6) is 0 Å². The van der Waals surface area contributed by atoms with E-state index in [9.17, 15) is 13.8 Å². The Hall–Kier alpha value is 5.24. The van der Waals surface area contributed by atoms with Crippen LogP contribution in [0.25, 0.3) is 0 Å². The molecule has 0 aliphatic rings. The zero-order valence-corrected chi connectivity index (χ0v) is 5.16. The van der Waals surface area contributed by atoms with Gasteiger partial charge < -0.3 is 18.6 Å². The molecule has 0 aromatic heterocycles. The molecule has 0 spiro atoms. The predicted octanol–water partition coefficient (Wildman–Crippen LogP) is -2.64. The fourth-order valence-corrected chi connectivity index (χ4v) is 0.400. The van der Waals surface area contributed by atoms with E-state index in [2.05, 4.69) is 8.37 Å². The summed E-state index contributed by atoms with van der Waals surface area (Å²) in [4.78, 5) is 19.0. The van der Waals surface area contributed by atoms with E-state index in [1.54, 1.807) is 0 Å². The van der Waals surface area contributed by atoms with Crippen molar-refractivity contribution < 1.29 is 32.4 Å². The van der Waals surface area contributed by atoms with Gasteiger partial charge in [-0.05, 0) is 0 Å². The standard InChI is InChI=1S/C2H2O7S.4K.4H/c3-1(4)8-10(7)9-2(5)6;;;;;;;;/h(H,3,4)(H,5,6);;;;;;;;. The molecule has 0 saturated heterocycles. The van der Waals surface area contributed by atoms with Crippen molar-refractivity contribution in [2.45, 2.75) is 0 Å². The molecule has 0 rings (SSSR count). The van der Waals surface area contributed by atoms with E-state index in [1.165, 1.54) is 0 Å². The van der Waals surface area contributed by atoms with Gasteiger partial charge in [0, 0.05) is 0 Å². The topological polar surface area (TPSA) is 110 Å². The molecule has 0 aliphatic heterocycles. The molecule has 0 fully saturated rings. The van der Waals surface area contributed by atoms with Crippen LogP contribution >= 0.6 is 0 Å². The van der Waals surface area contributed by atoms with Crippen LogP contribution in [-0.4, -0.2) is 232 Å². The number of hydrogen-bond acceptors (Lipinski definition) is 5. The maximum absolute atomic E-state index is 9.97. The van der Waals surface area contributed by atoms with Crippen LogP contribution in [0, 0.1) is 0 Å². The van der Waals surface area contributed by atoms with E-state index in [0.29, 0.717) is 0 Å². The molecule has 0 amide bonds. The minimum atomic E-state index is -2.78. The Morgan fingerprint density at radius 1 is 0.857 bits per heavy atom. The fraction of sp³-hybridized carbons (Fsp3) is 0. The van der Waals surface area contributed by atoms with E-state index in [0.717, 1.165) is 0 Å². The molecule has 14 heavy (non-hydrogen) atoms. The molecule has 0 heterocycles. The number of rotatable bonds is 2. The summed E-state index contributed by atoms with van der Waals surface area (Å²) < 4.78 is 16.7. The quantitative estimate of drug-likeness (QED) is 0.533. The Balaban J connectivity index is -0.0000000675. The molecule has 66 valence electrons. The van der Waals surface area contributed by atoms with Crippen LogP contribution < -0.4 is 0 Å². The molecule has 7 nitrogen and oxygen atoms in total. The summed E-state index contributed by atoms with van der Waals surface area (Å²) >= 11 is -2.78. The average molecular weight is 331 g/mol. The van der Waals surface area contributed by atoms with Crippen molar-refractivity contribution in [2.24, 2.45) is 0 Å². The molecule has 0 radical (unpaired) electrons. The van der Waals surface area contributed by atoms with Gasteiger partial charge in [-0.3, -0.25) is 0 Å². The van der Waals surface area contributed by atoms with Gasteiger partial charge in [0.2, 0.25) is 0 Å². The molecule has 0 saturated carbocycles. The molecule has 0 atom stereocenters. The first kappa shape index (κ1) is 31.6. The first-order chi connectivity index (χ1) is 4.52. The van der Waals surface area contributed by atoms with Gasteiger partial charge in [0.1, 0.15) is 0 Å². The number of hydrogen-bond donors (Lipinski definition) is 2. The second-order valence-electron chi connectivity index (χ2n) is 0.903. The third kappa shape index (κ3) is 25.9. The van der Waals surface area contributed by atoms with Gasteiger partial charge in [-0.15, -0.1) is 0 Å². The van der Waals surface area contributed by atoms with E-state index >= 15 is 0 Å². The van der Waals surface area contributed by atoms with Gasteiger partial charge in [-0.25, -0.2) is 9.59 Å². The fourth-order valence-electron chi connectivity index (χ4n) is 0.133. The summed E-state index contributed by atoms with van der Waals surface area (Å²) in [5.41, 5.74) is 0. The van der Waals surface area contributed by atoms with E-state index in [-0.39, 0.29) is 206 Å². The minimum absolute atomic E-state index is 0. The molecule has 12 heteroatoms. The van der Waals surface area contributed by atoms with Crippen LogP contribution in [0.2, 0.25) is 0 Å². The molecule has 0 aromatic rings. The van der Waals surface area contributed by atoms with Crippen LogP contribution in [0.4, 0.5) is 9.59 Å².